The highest BCUT2D eigenvalue weighted by molar-refractivity contribution is 7.80. The molecule has 0 aliphatic carbocycles. The lowest BCUT2D eigenvalue weighted by Crippen LogP contribution is -2.25. The van der Waals surface area contributed by atoms with Crippen molar-refractivity contribution < 1.29 is 9.53 Å². The Morgan fingerprint density at radius 3 is 2.84 bits per heavy atom. The second-order valence-electron chi connectivity index (χ2n) is 4.18. The van der Waals surface area contributed by atoms with Gasteiger partial charge in [-0.25, -0.2) is 0 Å². The van der Waals surface area contributed by atoms with Crippen LogP contribution in [0.5, 0.6) is 5.75 Å². The lowest BCUT2D eigenvalue weighted by Gasteiger charge is -2.16. The molecule has 0 atom stereocenters. The molecule has 0 N–H and O–H groups in total. The van der Waals surface area contributed by atoms with Gasteiger partial charge in [-0.1, -0.05) is 12.1 Å². The fourth-order valence-electron chi connectivity index (χ4n) is 1.74. The minimum atomic E-state index is 0.00752. The summed E-state index contributed by atoms with van der Waals surface area (Å²) in [6.45, 7) is 0.551. The van der Waals surface area contributed by atoms with Crippen molar-refractivity contribution in [2.24, 2.45) is 0 Å². The number of carbonyl (C=O) groups excluding carboxylic acids is 1. The Hall–Kier alpha value is -1.46. The van der Waals surface area contributed by atoms with E-state index in [4.69, 9.17) is 4.74 Å². The first-order valence-corrected chi connectivity index (χ1v) is 7.08. The highest BCUT2D eigenvalue weighted by Gasteiger charge is 2.14. The molecule has 0 unspecified atom stereocenters. The van der Waals surface area contributed by atoms with Gasteiger partial charge in [0, 0.05) is 23.9 Å². The summed E-state index contributed by atoms with van der Waals surface area (Å²) < 4.78 is 5.17. The third kappa shape index (κ3) is 3.52. The summed E-state index contributed by atoms with van der Waals surface area (Å²) in [5.41, 5.74) is 1.04. The zero-order valence-electron chi connectivity index (χ0n) is 10.8. The van der Waals surface area contributed by atoms with Crippen LogP contribution >= 0.6 is 24.0 Å². The van der Waals surface area contributed by atoms with Crippen molar-refractivity contribution in [3.8, 4) is 5.75 Å². The SMILES string of the molecule is COc1cccc(CN(C)C(=O)c2cc(S)cs2)c1. The second-order valence-corrected chi connectivity index (χ2v) is 5.61. The number of hydrogen-bond donors (Lipinski definition) is 1. The standard InChI is InChI=1S/C14H15NO2S2/c1-15(14(16)13-7-12(18)9-19-13)8-10-4-3-5-11(6-10)17-2/h3-7,9,18H,8H2,1-2H3. The molecule has 0 aliphatic heterocycles. The Labute approximate surface area is 122 Å². The lowest BCUT2D eigenvalue weighted by molar-refractivity contribution is 0.0789. The number of amides is 1. The smallest absolute Gasteiger partial charge is 0.264 e. The lowest BCUT2D eigenvalue weighted by atomic mass is 10.2. The van der Waals surface area contributed by atoms with Gasteiger partial charge >= 0.3 is 0 Å². The van der Waals surface area contributed by atoms with Crippen LogP contribution in [-0.2, 0) is 6.54 Å². The van der Waals surface area contributed by atoms with Crippen LogP contribution in [-0.4, -0.2) is 25.0 Å². The summed E-state index contributed by atoms with van der Waals surface area (Å²) >= 11 is 5.63. The van der Waals surface area contributed by atoms with Crippen molar-refractivity contribution >= 4 is 29.9 Å². The van der Waals surface area contributed by atoms with Crippen molar-refractivity contribution in [3.05, 3.63) is 46.2 Å². The molecule has 100 valence electrons. The summed E-state index contributed by atoms with van der Waals surface area (Å²) in [7, 11) is 3.42. The Morgan fingerprint density at radius 2 is 2.21 bits per heavy atom. The number of nitrogens with zero attached hydrogens (tertiary/aromatic N) is 1. The van der Waals surface area contributed by atoms with Crippen LogP contribution in [0.3, 0.4) is 0 Å². The fraction of sp³-hybridized carbons (Fsp3) is 0.214. The van der Waals surface area contributed by atoms with Gasteiger partial charge in [0.05, 0.1) is 12.0 Å². The molecule has 0 spiro atoms. The van der Waals surface area contributed by atoms with Crippen molar-refractivity contribution in [2.75, 3.05) is 14.2 Å². The monoisotopic (exact) mass is 293 g/mol. The molecular formula is C14H15NO2S2. The summed E-state index contributed by atoms with van der Waals surface area (Å²) in [5.74, 6) is 0.806. The van der Waals surface area contributed by atoms with E-state index in [0.29, 0.717) is 11.4 Å². The van der Waals surface area contributed by atoms with Crippen LogP contribution in [0, 0.1) is 0 Å². The molecule has 0 fully saturated rings. The fourth-order valence-corrected chi connectivity index (χ4v) is 2.88. The first kappa shape index (κ1) is 14.0. The molecule has 1 aromatic heterocycles. The highest BCUT2D eigenvalue weighted by atomic mass is 32.1. The third-order valence-corrected chi connectivity index (χ3v) is 4.05. The number of hydrogen-bond acceptors (Lipinski definition) is 4. The maximum atomic E-state index is 12.2. The van der Waals surface area contributed by atoms with Gasteiger partial charge in [-0.3, -0.25) is 4.79 Å². The molecule has 2 aromatic rings. The van der Waals surface area contributed by atoms with Crippen LogP contribution in [0.1, 0.15) is 15.2 Å². The minimum absolute atomic E-state index is 0.00752. The quantitative estimate of drug-likeness (QED) is 0.876. The van der Waals surface area contributed by atoms with Gasteiger partial charge in [-0.05, 0) is 23.8 Å². The maximum absolute atomic E-state index is 12.2. The molecule has 0 saturated carbocycles. The predicted octanol–water partition coefficient (Wildman–Crippen LogP) is 3.32. The van der Waals surface area contributed by atoms with E-state index in [-0.39, 0.29) is 5.91 Å². The van der Waals surface area contributed by atoms with E-state index in [2.05, 4.69) is 12.6 Å². The Kier molecular flexibility index (Phi) is 4.50. The molecule has 1 heterocycles. The van der Waals surface area contributed by atoms with Gasteiger partial charge in [-0.2, -0.15) is 0 Å². The number of benzene rings is 1. The molecule has 0 bridgehead atoms. The number of thiophene rings is 1. The third-order valence-electron chi connectivity index (χ3n) is 2.70. The van der Waals surface area contributed by atoms with Gasteiger partial charge in [-0.15, -0.1) is 24.0 Å². The van der Waals surface area contributed by atoms with Gasteiger partial charge in [0.15, 0.2) is 0 Å². The van der Waals surface area contributed by atoms with Crippen molar-refractivity contribution in [1.29, 1.82) is 0 Å². The molecule has 0 saturated heterocycles. The van der Waals surface area contributed by atoms with Crippen molar-refractivity contribution in [2.45, 2.75) is 11.4 Å². The first-order valence-electron chi connectivity index (χ1n) is 5.76. The highest BCUT2D eigenvalue weighted by Crippen LogP contribution is 2.20. The average Bonchev–Trinajstić information content (AvgIpc) is 2.84. The summed E-state index contributed by atoms with van der Waals surface area (Å²) in [4.78, 5) is 15.4. The maximum Gasteiger partial charge on any atom is 0.264 e. The molecule has 1 aromatic carbocycles. The van der Waals surface area contributed by atoms with Gasteiger partial charge in [0.2, 0.25) is 0 Å². The van der Waals surface area contributed by atoms with Gasteiger partial charge in [0.1, 0.15) is 5.75 Å². The van der Waals surface area contributed by atoms with Crippen LogP contribution in [0.15, 0.2) is 40.6 Å². The zero-order chi connectivity index (χ0) is 13.8. The summed E-state index contributed by atoms with van der Waals surface area (Å²) in [6.07, 6.45) is 0. The van der Waals surface area contributed by atoms with Gasteiger partial charge in [0.25, 0.3) is 5.91 Å². The van der Waals surface area contributed by atoms with Crippen LogP contribution in [0.4, 0.5) is 0 Å². The molecule has 3 nitrogen and oxygen atoms in total. The van der Waals surface area contributed by atoms with Crippen LogP contribution in [0.25, 0.3) is 0 Å². The number of rotatable bonds is 4. The Balaban J connectivity index is 2.07. The van der Waals surface area contributed by atoms with Crippen molar-refractivity contribution in [1.82, 2.24) is 4.90 Å². The molecular weight excluding hydrogens is 278 g/mol. The number of thiol groups is 1. The van der Waals surface area contributed by atoms with Crippen molar-refractivity contribution in [3.63, 3.8) is 0 Å². The zero-order valence-corrected chi connectivity index (χ0v) is 12.5. The Bertz CT molecular complexity index is 580. The van der Waals surface area contributed by atoms with E-state index in [1.54, 1.807) is 25.1 Å². The number of carbonyl (C=O) groups is 1. The molecule has 1 amide bonds. The van der Waals surface area contributed by atoms with Crippen LogP contribution in [0.2, 0.25) is 0 Å². The second kappa shape index (κ2) is 6.12. The summed E-state index contributed by atoms with van der Waals surface area (Å²) in [5, 5.41) is 1.86. The summed E-state index contributed by atoms with van der Waals surface area (Å²) in [6, 6.07) is 9.51. The minimum Gasteiger partial charge on any atom is -0.497 e. The van der Waals surface area contributed by atoms with E-state index < -0.39 is 0 Å². The van der Waals surface area contributed by atoms with E-state index in [1.807, 2.05) is 29.6 Å². The Morgan fingerprint density at radius 1 is 1.42 bits per heavy atom. The number of ether oxygens (including phenoxy) is 1. The predicted molar refractivity (Wildman–Crippen MR) is 80.4 cm³/mol. The molecule has 19 heavy (non-hydrogen) atoms. The van der Waals surface area contributed by atoms with E-state index in [0.717, 1.165) is 16.2 Å². The van der Waals surface area contributed by atoms with E-state index >= 15 is 0 Å². The normalized spacial score (nSPS) is 10.3. The van der Waals surface area contributed by atoms with E-state index in [1.165, 1.54) is 11.3 Å². The van der Waals surface area contributed by atoms with Gasteiger partial charge < -0.3 is 9.64 Å². The van der Waals surface area contributed by atoms with E-state index in [9.17, 15) is 4.79 Å². The topological polar surface area (TPSA) is 29.5 Å². The molecule has 2 rings (SSSR count). The molecule has 5 heteroatoms. The number of methoxy groups -OCH3 is 1. The molecule has 0 radical (unpaired) electrons. The average molecular weight is 293 g/mol. The van der Waals surface area contributed by atoms with Crippen LogP contribution < -0.4 is 4.74 Å². The first-order chi connectivity index (χ1) is 9.10. The largest absolute Gasteiger partial charge is 0.497 e. The molecule has 0 aliphatic rings.